The lowest BCUT2D eigenvalue weighted by atomic mass is 9.93. The molecule has 116 valence electrons. The zero-order valence-electron chi connectivity index (χ0n) is 12.3. The van der Waals surface area contributed by atoms with Crippen molar-refractivity contribution in [3.8, 4) is 0 Å². The molecule has 1 aromatic carbocycles. The van der Waals surface area contributed by atoms with E-state index in [0.29, 0.717) is 18.0 Å². The smallest absolute Gasteiger partial charge is 0.162 e. The van der Waals surface area contributed by atoms with Crippen LogP contribution in [0, 0.1) is 11.6 Å². The van der Waals surface area contributed by atoms with E-state index in [1.807, 2.05) is 6.20 Å². The van der Waals surface area contributed by atoms with Gasteiger partial charge in [0.1, 0.15) is 5.82 Å². The van der Waals surface area contributed by atoms with E-state index in [9.17, 15) is 8.78 Å². The molecule has 22 heavy (non-hydrogen) atoms. The Bertz CT molecular complexity index is 706. The van der Waals surface area contributed by atoms with Crippen molar-refractivity contribution >= 4 is 0 Å². The molecule has 1 aliphatic carbocycles. The zero-order valence-corrected chi connectivity index (χ0v) is 12.3. The maximum absolute atomic E-state index is 14.2. The number of nitrogens with two attached hydrogens (primary N) is 1. The Labute approximate surface area is 128 Å². The number of rotatable bonds is 2. The maximum Gasteiger partial charge on any atom is 0.162 e. The second kappa shape index (κ2) is 5.16. The predicted octanol–water partition coefficient (Wildman–Crippen LogP) is 3.62. The van der Waals surface area contributed by atoms with Gasteiger partial charge in [0.05, 0.1) is 6.04 Å². The average Bonchev–Trinajstić information content (AvgIpc) is 3.29. The van der Waals surface area contributed by atoms with Crippen molar-refractivity contribution in [3.63, 3.8) is 0 Å². The van der Waals surface area contributed by atoms with E-state index in [1.54, 1.807) is 12.1 Å². The highest BCUT2D eigenvalue weighted by molar-refractivity contribution is 5.26. The summed E-state index contributed by atoms with van der Waals surface area (Å²) in [4.78, 5) is 4.50. The summed E-state index contributed by atoms with van der Waals surface area (Å²) in [5.74, 6) is -0.114. The van der Waals surface area contributed by atoms with E-state index in [1.165, 1.54) is 24.6 Å². The summed E-state index contributed by atoms with van der Waals surface area (Å²) in [6.07, 6.45) is 5.76. The van der Waals surface area contributed by atoms with E-state index in [-0.39, 0.29) is 12.0 Å². The highest BCUT2D eigenvalue weighted by atomic mass is 19.2. The van der Waals surface area contributed by atoms with Crippen molar-refractivity contribution in [2.45, 2.75) is 50.1 Å². The third-order valence-electron chi connectivity index (χ3n) is 4.89. The van der Waals surface area contributed by atoms with Crippen LogP contribution in [0.25, 0.3) is 0 Å². The van der Waals surface area contributed by atoms with Crippen molar-refractivity contribution in [1.82, 2.24) is 9.55 Å². The van der Waals surface area contributed by atoms with Gasteiger partial charge in [0.25, 0.3) is 0 Å². The minimum atomic E-state index is -0.778. The minimum absolute atomic E-state index is 0.0605. The van der Waals surface area contributed by atoms with Gasteiger partial charge in [-0.1, -0.05) is 12.1 Å². The van der Waals surface area contributed by atoms with Crippen LogP contribution in [-0.2, 0) is 6.54 Å². The van der Waals surface area contributed by atoms with Gasteiger partial charge < -0.3 is 10.3 Å². The van der Waals surface area contributed by atoms with Crippen LogP contribution in [0.4, 0.5) is 8.78 Å². The fourth-order valence-electron chi connectivity index (χ4n) is 3.51. The van der Waals surface area contributed by atoms with Gasteiger partial charge in [0.15, 0.2) is 11.6 Å². The Morgan fingerprint density at radius 3 is 2.64 bits per heavy atom. The van der Waals surface area contributed by atoms with Crippen molar-refractivity contribution in [2.24, 2.45) is 5.73 Å². The molecule has 0 radical (unpaired) electrons. The Morgan fingerprint density at radius 1 is 1.09 bits per heavy atom. The summed E-state index contributed by atoms with van der Waals surface area (Å²) < 4.78 is 29.9. The highest BCUT2D eigenvalue weighted by Crippen LogP contribution is 2.43. The SMILES string of the molecule is N[C@@H]1CC[C@@H](c2cccc(F)c2F)Cn2c(C3CC3)cnc21. The molecule has 3 nitrogen and oxygen atoms in total. The van der Waals surface area contributed by atoms with Crippen molar-refractivity contribution in [2.75, 3.05) is 0 Å². The summed E-state index contributed by atoms with van der Waals surface area (Å²) in [6.45, 7) is 0.634. The fourth-order valence-corrected chi connectivity index (χ4v) is 3.51. The summed E-state index contributed by atoms with van der Waals surface area (Å²) in [6, 6.07) is 4.30. The van der Waals surface area contributed by atoms with Crippen LogP contribution in [0.5, 0.6) is 0 Å². The molecule has 5 heteroatoms. The van der Waals surface area contributed by atoms with Crippen molar-refractivity contribution in [3.05, 3.63) is 53.1 Å². The van der Waals surface area contributed by atoms with Crippen LogP contribution in [0.1, 0.15) is 60.6 Å². The van der Waals surface area contributed by atoms with Crippen LogP contribution in [0.2, 0.25) is 0 Å². The number of imidazole rings is 1. The second-order valence-corrected chi connectivity index (χ2v) is 6.45. The Hall–Kier alpha value is -1.75. The minimum Gasteiger partial charge on any atom is -0.330 e. The maximum atomic E-state index is 14.2. The van der Waals surface area contributed by atoms with Crippen LogP contribution >= 0.6 is 0 Å². The number of halogens is 2. The van der Waals surface area contributed by atoms with Gasteiger partial charge >= 0.3 is 0 Å². The normalized spacial score (nSPS) is 24.9. The summed E-state index contributed by atoms with van der Waals surface area (Å²) in [7, 11) is 0. The standard InChI is InChI=1S/C17H19F2N3/c18-13-3-1-2-12(16(13)19)11-6-7-14(20)17-21-8-15(10-4-5-10)22(17)9-11/h1-3,8,10-11,14H,4-7,9,20H2/t11-,14-/m1/s1. The zero-order chi connectivity index (χ0) is 15.3. The van der Waals surface area contributed by atoms with Crippen LogP contribution < -0.4 is 5.73 Å². The fraction of sp³-hybridized carbons (Fsp3) is 0.471. The number of hydrogen-bond donors (Lipinski definition) is 1. The molecule has 4 rings (SSSR count). The lowest BCUT2D eigenvalue weighted by molar-refractivity contribution is 0.460. The molecule has 1 aliphatic heterocycles. The molecule has 1 aromatic heterocycles. The largest absolute Gasteiger partial charge is 0.330 e. The number of hydrogen-bond acceptors (Lipinski definition) is 2. The van der Waals surface area contributed by atoms with Gasteiger partial charge in [-0.2, -0.15) is 0 Å². The highest BCUT2D eigenvalue weighted by Gasteiger charge is 2.33. The number of aromatic nitrogens is 2. The first-order chi connectivity index (χ1) is 10.6. The lowest BCUT2D eigenvalue weighted by Crippen LogP contribution is -2.15. The molecule has 1 saturated carbocycles. The molecule has 1 fully saturated rings. The summed E-state index contributed by atoms with van der Waals surface area (Å²) >= 11 is 0. The van der Waals surface area contributed by atoms with Gasteiger partial charge in [0.2, 0.25) is 0 Å². The molecule has 0 bridgehead atoms. The number of benzene rings is 1. The lowest BCUT2D eigenvalue weighted by Gasteiger charge is -2.18. The topological polar surface area (TPSA) is 43.8 Å². The van der Waals surface area contributed by atoms with Crippen LogP contribution in [0.15, 0.2) is 24.4 Å². The predicted molar refractivity (Wildman–Crippen MR) is 79.5 cm³/mol. The van der Waals surface area contributed by atoms with E-state index in [4.69, 9.17) is 5.73 Å². The van der Waals surface area contributed by atoms with Crippen LogP contribution in [-0.4, -0.2) is 9.55 Å². The molecular weight excluding hydrogens is 284 g/mol. The second-order valence-electron chi connectivity index (χ2n) is 6.45. The van der Waals surface area contributed by atoms with Gasteiger partial charge in [-0.3, -0.25) is 0 Å². The van der Waals surface area contributed by atoms with Crippen LogP contribution in [0.3, 0.4) is 0 Å². The quantitative estimate of drug-likeness (QED) is 0.921. The molecule has 2 aliphatic rings. The molecule has 2 N–H and O–H groups in total. The van der Waals surface area contributed by atoms with Crippen molar-refractivity contribution < 1.29 is 8.78 Å². The van der Waals surface area contributed by atoms with E-state index < -0.39 is 11.6 Å². The van der Waals surface area contributed by atoms with E-state index in [0.717, 1.165) is 18.7 Å². The summed E-state index contributed by atoms with van der Waals surface area (Å²) in [5, 5.41) is 0. The average molecular weight is 303 g/mol. The molecule has 2 aromatic rings. The first-order valence-corrected chi connectivity index (χ1v) is 7.90. The first-order valence-electron chi connectivity index (χ1n) is 7.90. The first kappa shape index (κ1) is 13.9. The molecule has 0 amide bonds. The number of nitrogens with zero attached hydrogens (tertiary/aromatic N) is 2. The Morgan fingerprint density at radius 2 is 1.86 bits per heavy atom. The van der Waals surface area contributed by atoms with Gasteiger partial charge in [-0.25, -0.2) is 13.8 Å². The molecular formula is C17H19F2N3. The molecule has 0 spiro atoms. The Balaban J connectivity index is 1.74. The molecule has 0 saturated heterocycles. The van der Waals surface area contributed by atoms with E-state index in [2.05, 4.69) is 9.55 Å². The molecule has 2 heterocycles. The third kappa shape index (κ3) is 2.24. The monoisotopic (exact) mass is 303 g/mol. The van der Waals surface area contributed by atoms with Gasteiger partial charge in [0, 0.05) is 30.3 Å². The third-order valence-corrected chi connectivity index (χ3v) is 4.89. The number of fused-ring (bicyclic) bond motifs is 1. The molecule has 2 atom stereocenters. The van der Waals surface area contributed by atoms with Gasteiger partial charge in [-0.05, 0) is 37.3 Å². The Kier molecular flexibility index (Phi) is 3.26. The molecule has 0 unspecified atom stereocenters. The van der Waals surface area contributed by atoms with Gasteiger partial charge in [-0.15, -0.1) is 0 Å². The van der Waals surface area contributed by atoms with Crippen molar-refractivity contribution in [1.29, 1.82) is 0 Å². The summed E-state index contributed by atoms with van der Waals surface area (Å²) in [5.41, 5.74) is 7.89. The van der Waals surface area contributed by atoms with E-state index >= 15 is 0 Å².